The summed E-state index contributed by atoms with van der Waals surface area (Å²) in [6.45, 7) is 3.07. The average Bonchev–Trinajstić information content (AvgIpc) is 2.83. The zero-order valence-corrected chi connectivity index (χ0v) is 19.1. The van der Waals surface area contributed by atoms with Crippen molar-refractivity contribution in [3.63, 3.8) is 0 Å². The second-order valence-corrected chi connectivity index (χ2v) is 8.65. The van der Waals surface area contributed by atoms with E-state index in [-0.39, 0.29) is 23.8 Å². The molecule has 0 bridgehead atoms. The van der Waals surface area contributed by atoms with E-state index in [2.05, 4.69) is 5.32 Å². The SMILES string of the molecule is COc1ccc(C(=O)N2CCC(C(=O)N[C@@H](C)c3cccc(Cl)c3)CC2)c2ccccc12. The molecule has 0 spiro atoms. The van der Waals surface area contributed by atoms with Gasteiger partial charge in [0.25, 0.3) is 5.91 Å². The molecule has 0 saturated carbocycles. The summed E-state index contributed by atoms with van der Waals surface area (Å²) in [5.74, 6) is 0.670. The number of likely N-dealkylation sites (tertiary alicyclic amines) is 1. The van der Waals surface area contributed by atoms with Crippen molar-refractivity contribution in [1.82, 2.24) is 10.2 Å². The molecule has 6 heteroatoms. The minimum absolute atomic E-state index is 0.00462. The third kappa shape index (κ3) is 4.58. The van der Waals surface area contributed by atoms with E-state index >= 15 is 0 Å². The molecule has 166 valence electrons. The molecule has 1 aliphatic heterocycles. The van der Waals surface area contributed by atoms with E-state index in [0.29, 0.717) is 36.5 Å². The number of benzene rings is 3. The minimum atomic E-state index is -0.119. The summed E-state index contributed by atoms with van der Waals surface area (Å²) in [6, 6.07) is 18.8. The fourth-order valence-electron chi connectivity index (χ4n) is 4.34. The zero-order valence-electron chi connectivity index (χ0n) is 18.3. The second-order valence-electron chi connectivity index (χ2n) is 8.21. The predicted octanol–water partition coefficient (Wildman–Crippen LogP) is 5.23. The van der Waals surface area contributed by atoms with Gasteiger partial charge >= 0.3 is 0 Å². The largest absolute Gasteiger partial charge is 0.496 e. The first-order valence-corrected chi connectivity index (χ1v) is 11.3. The molecule has 1 saturated heterocycles. The number of rotatable bonds is 5. The highest BCUT2D eigenvalue weighted by Gasteiger charge is 2.29. The molecule has 3 aromatic carbocycles. The highest BCUT2D eigenvalue weighted by molar-refractivity contribution is 6.30. The molecule has 0 aromatic heterocycles. The van der Waals surface area contributed by atoms with Gasteiger partial charge in [-0.25, -0.2) is 0 Å². The highest BCUT2D eigenvalue weighted by Crippen LogP contribution is 2.30. The van der Waals surface area contributed by atoms with Crippen molar-refractivity contribution >= 4 is 34.2 Å². The summed E-state index contributed by atoms with van der Waals surface area (Å²) in [6.07, 6.45) is 1.29. The molecular weight excluding hydrogens is 424 g/mol. The van der Waals surface area contributed by atoms with Gasteiger partial charge in [0, 0.05) is 35.0 Å². The van der Waals surface area contributed by atoms with E-state index in [1.807, 2.05) is 72.5 Å². The monoisotopic (exact) mass is 450 g/mol. The number of methoxy groups -OCH3 is 1. The molecule has 0 radical (unpaired) electrons. The average molecular weight is 451 g/mol. The Hall–Kier alpha value is -3.05. The molecular formula is C26H27ClN2O3. The smallest absolute Gasteiger partial charge is 0.254 e. The van der Waals surface area contributed by atoms with Crippen molar-refractivity contribution in [3.8, 4) is 5.75 Å². The lowest BCUT2D eigenvalue weighted by molar-refractivity contribution is -0.127. The normalized spacial score (nSPS) is 15.4. The highest BCUT2D eigenvalue weighted by atomic mass is 35.5. The van der Waals surface area contributed by atoms with Crippen LogP contribution in [0.5, 0.6) is 5.75 Å². The Bertz CT molecular complexity index is 1140. The molecule has 4 rings (SSSR count). The quantitative estimate of drug-likeness (QED) is 0.579. The molecule has 1 fully saturated rings. The van der Waals surface area contributed by atoms with Crippen molar-refractivity contribution in [3.05, 3.63) is 76.8 Å². The zero-order chi connectivity index (χ0) is 22.7. The van der Waals surface area contributed by atoms with Crippen LogP contribution >= 0.6 is 11.6 Å². The predicted molar refractivity (Wildman–Crippen MR) is 127 cm³/mol. The number of ether oxygens (including phenoxy) is 1. The molecule has 0 aliphatic carbocycles. The third-order valence-electron chi connectivity index (χ3n) is 6.19. The van der Waals surface area contributed by atoms with E-state index in [9.17, 15) is 9.59 Å². The van der Waals surface area contributed by atoms with Crippen LogP contribution in [-0.4, -0.2) is 36.9 Å². The lowest BCUT2D eigenvalue weighted by Gasteiger charge is -2.32. The molecule has 1 atom stereocenters. The third-order valence-corrected chi connectivity index (χ3v) is 6.43. The van der Waals surface area contributed by atoms with Crippen molar-refractivity contribution in [1.29, 1.82) is 0 Å². The minimum Gasteiger partial charge on any atom is -0.496 e. The summed E-state index contributed by atoms with van der Waals surface area (Å²) in [5, 5.41) is 5.55. The topological polar surface area (TPSA) is 58.6 Å². The molecule has 1 aliphatic rings. The number of fused-ring (bicyclic) bond motifs is 1. The van der Waals surface area contributed by atoms with E-state index in [1.54, 1.807) is 7.11 Å². The number of amides is 2. The van der Waals surface area contributed by atoms with Crippen LogP contribution in [0.15, 0.2) is 60.7 Å². The van der Waals surface area contributed by atoms with Gasteiger partial charge in [-0.15, -0.1) is 0 Å². The molecule has 1 N–H and O–H groups in total. The molecule has 3 aromatic rings. The summed E-state index contributed by atoms with van der Waals surface area (Å²) in [4.78, 5) is 27.9. The number of halogens is 1. The lowest BCUT2D eigenvalue weighted by Crippen LogP contribution is -2.43. The Morgan fingerprint density at radius 1 is 1.03 bits per heavy atom. The van der Waals surface area contributed by atoms with Crippen molar-refractivity contribution < 1.29 is 14.3 Å². The van der Waals surface area contributed by atoms with Crippen LogP contribution in [-0.2, 0) is 4.79 Å². The van der Waals surface area contributed by atoms with Crippen LogP contribution in [0.4, 0.5) is 0 Å². The van der Waals surface area contributed by atoms with E-state index in [1.165, 1.54) is 0 Å². The van der Waals surface area contributed by atoms with Crippen molar-refractivity contribution in [2.75, 3.05) is 20.2 Å². The standard InChI is InChI=1S/C26H27ClN2O3/c1-17(19-6-5-7-20(27)16-19)28-25(30)18-12-14-29(15-13-18)26(31)23-10-11-24(32-2)22-9-4-3-8-21(22)23/h3-11,16-18H,12-15H2,1-2H3,(H,28,30)/t17-/m0/s1. The first-order valence-electron chi connectivity index (χ1n) is 10.9. The summed E-state index contributed by atoms with van der Waals surface area (Å²) >= 11 is 6.07. The van der Waals surface area contributed by atoms with E-state index in [0.717, 1.165) is 22.1 Å². The number of hydrogen-bond donors (Lipinski definition) is 1. The van der Waals surface area contributed by atoms with Crippen molar-refractivity contribution in [2.45, 2.75) is 25.8 Å². The molecule has 1 heterocycles. The molecule has 32 heavy (non-hydrogen) atoms. The Balaban J connectivity index is 1.40. The summed E-state index contributed by atoms with van der Waals surface area (Å²) < 4.78 is 5.44. The van der Waals surface area contributed by atoms with Gasteiger partial charge in [-0.05, 0) is 55.0 Å². The first kappa shape index (κ1) is 22.2. The fourth-order valence-corrected chi connectivity index (χ4v) is 4.54. The van der Waals surface area contributed by atoms with Crippen LogP contribution in [0.1, 0.15) is 41.7 Å². The number of nitrogens with zero attached hydrogens (tertiary/aromatic N) is 1. The lowest BCUT2D eigenvalue weighted by atomic mass is 9.94. The summed E-state index contributed by atoms with van der Waals surface area (Å²) in [5.41, 5.74) is 1.64. The van der Waals surface area contributed by atoms with E-state index < -0.39 is 0 Å². The number of hydrogen-bond acceptors (Lipinski definition) is 3. The van der Waals surface area contributed by atoms with Crippen LogP contribution in [0.3, 0.4) is 0 Å². The van der Waals surface area contributed by atoms with Gasteiger partial charge in [0.2, 0.25) is 5.91 Å². The molecule has 2 amide bonds. The number of carbonyl (C=O) groups excluding carboxylic acids is 2. The van der Waals surface area contributed by atoms with Gasteiger partial charge in [0.05, 0.1) is 13.2 Å². The van der Waals surface area contributed by atoms with Crippen LogP contribution < -0.4 is 10.1 Å². The maximum absolute atomic E-state index is 13.3. The van der Waals surface area contributed by atoms with E-state index in [4.69, 9.17) is 16.3 Å². The Kier molecular flexibility index (Phi) is 6.66. The van der Waals surface area contributed by atoms with Gasteiger partial charge in [0.1, 0.15) is 5.75 Å². The van der Waals surface area contributed by atoms with Crippen molar-refractivity contribution in [2.24, 2.45) is 5.92 Å². The summed E-state index contributed by atoms with van der Waals surface area (Å²) in [7, 11) is 1.63. The van der Waals surface area contributed by atoms with Gasteiger partial charge in [0.15, 0.2) is 0 Å². The van der Waals surface area contributed by atoms with Gasteiger partial charge < -0.3 is 15.0 Å². The Morgan fingerprint density at radius 3 is 2.44 bits per heavy atom. The fraction of sp³-hybridized carbons (Fsp3) is 0.308. The molecule has 0 unspecified atom stereocenters. The second kappa shape index (κ2) is 9.61. The number of carbonyl (C=O) groups is 2. The first-order chi connectivity index (χ1) is 15.5. The maximum atomic E-state index is 13.3. The van der Waals surface area contributed by atoms with Gasteiger partial charge in [-0.1, -0.05) is 48.0 Å². The van der Waals surface area contributed by atoms with Crippen LogP contribution in [0, 0.1) is 5.92 Å². The van der Waals surface area contributed by atoms with Crippen LogP contribution in [0.25, 0.3) is 10.8 Å². The Morgan fingerprint density at radius 2 is 1.75 bits per heavy atom. The maximum Gasteiger partial charge on any atom is 0.254 e. The van der Waals surface area contributed by atoms with Gasteiger partial charge in [-0.3, -0.25) is 9.59 Å². The number of piperidine rings is 1. The molecule has 5 nitrogen and oxygen atoms in total. The number of nitrogens with one attached hydrogen (secondary N) is 1. The van der Waals surface area contributed by atoms with Crippen LogP contribution in [0.2, 0.25) is 5.02 Å². The Labute approximate surface area is 193 Å². The van der Waals surface area contributed by atoms with Gasteiger partial charge in [-0.2, -0.15) is 0 Å².